The van der Waals surface area contributed by atoms with Crippen LogP contribution in [0.15, 0.2) is 12.1 Å². The van der Waals surface area contributed by atoms with E-state index in [9.17, 15) is 0 Å². The molecule has 0 heterocycles. The normalized spacial score (nSPS) is 18.8. The highest BCUT2D eigenvalue weighted by Crippen LogP contribution is 2.42. The average Bonchev–Trinajstić information content (AvgIpc) is 2.70. The summed E-state index contributed by atoms with van der Waals surface area (Å²) in [6.07, 6.45) is 4.61. The number of benzene rings is 1. The summed E-state index contributed by atoms with van der Waals surface area (Å²) in [5.41, 5.74) is 10.0. The van der Waals surface area contributed by atoms with Crippen molar-refractivity contribution in [1.29, 1.82) is 0 Å². The number of hydrogen-bond donors (Lipinski definition) is 1. The molecule has 0 amide bonds. The number of methoxy groups -OCH3 is 1. The Balaban J connectivity index is 2.52. The lowest BCUT2D eigenvalue weighted by Crippen LogP contribution is -2.33. The number of rotatable bonds is 2. The highest BCUT2D eigenvalue weighted by atomic mass is 16.5. The molecule has 0 radical (unpaired) electrons. The smallest absolute Gasteiger partial charge is 0.127 e. The van der Waals surface area contributed by atoms with Crippen LogP contribution < -0.4 is 10.5 Å². The average molecular weight is 219 g/mol. The van der Waals surface area contributed by atoms with E-state index >= 15 is 0 Å². The van der Waals surface area contributed by atoms with Crippen molar-refractivity contribution in [1.82, 2.24) is 0 Å². The fourth-order valence-electron chi connectivity index (χ4n) is 2.72. The van der Waals surface area contributed by atoms with Gasteiger partial charge in [-0.3, -0.25) is 0 Å². The van der Waals surface area contributed by atoms with E-state index in [2.05, 4.69) is 26.0 Å². The topological polar surface area (TPSA) is 35.2 Å². The van der Waals surface area contributed by atoms with Crippen LogP contribution in [0.2, 0.25) is 0 Å². The Kier molecular flexibility index (Phi) is 2.94. The van der Waals surface area contributed by atoms with Gasteiger partial charge in [-0.25, -0.2) is 0 Å². The zero-order valence-electron chi connectivity index (χ0n) is 10.5. The van der Waals surface area contributed by atoms with Crippen molar-refractivity contribution in [2.24, 2.45) is 5.73 Å². The van der Waals surface area contributed by atoms with E-state index in [1.807, 2.05) is 0 Å². The standard InChI is InChI=1S/C14H21NO/c1-10-6-7-12(13(16-3)11(10)2)14(15)8-4-5-9-14/h6-7H,4-5,8-9,15H2,1-3H3. The van der Waals surface area contributed by atoms with Gasteiger partial charge in [0.1, 0.15) is 5.75 Å². The largest absolute Gasteiger partial charge is 0.496 e. The molecule has 1 saturated carbocycles. The van der Waals surface area contributed by atoms with Crippen molar-refractivity contribution in [2.75, 3.05) is 7.11 Å². The zero-order chi connectivity index (χ0) is 11.8. The maximum Gasteiger partial charge on any atom is 0.127 e. The fourth-order valence-corrected chi connectivity index (χ4v) is 2.72. The first-order chi connectivity index (χ1) is 7.58. The molecule has 0 aromatic heterocycles. The van der Waals surface area contributed by atoms with Gasteiger partial charge in [0.2, 0.25) is 0 Å². The van der Waals surface area contributed by atoms with Gasteiger partial charge < -0.3 is 10.5 Å². The second kappa shape index (κ2) is 4.10. The number of ether oxygens (including phenoxy) is 1. The van der Waals surface area contributed by atoms with E-state index in [1.165, 1.54) is 29.5 Å². The molecule has 0 saturated heterocycles. The van der Waals surface area contributed by atoms with Crippen LogP contribution in [0.3, 0.4) is 0 Å². The monoisotopic (exact) mass is 219 g/mol. The second-order valence-electron chi connectivity index (χ2n) is 4.95. The van der Waals surface area contributed by atoms with Crippen molar-refractivity contribution in [3.05, 3.63) is 28.8 Å². The van der Waals surface area contributed by atoms with E-state index < -0.39 is 0 Å². The van der Waals surface area contributed by atoms with Gasteiger partial charge in [-0.2, -0.15) is 0 Å². The van der Waals surface area contributed by atoms with Crippen LogP contribution in [0.5, 0.6) is 5.75 Å². The van der Waals surface area contributed by atoms with Crippen molar-refractivity contribution in [3.63, 3.8) is 0 Å². The van der Waals surface area contributed by atoms with Crippen LogP contribution in [-0.4, -0.2) is 7.11 Å². The molecular weight excluding hydrogens is 198 g/mol. The summed E-state index contributed by atoms with van der Waals surface area (Å²) in [5.74, 6) is 0.990. The maximum absolute atomic E-state index is 6.50. The molecule has 0 bridgehead atoms. The first kappa shape index (κ1) is 11.5. The second-order valence-corrected chi connectivity index (χ2v) is 4.95. The van der Waals surface area contributed by atoms with Gasteiger partial charge in [-0.05, 0) is 37.8 Å². The molecule has 1 aliphatic rings. The van der Waals surface area contributed by atoms with Gasteiger partial charge in [0.15, 0.2) is 0 Å². The number of nitrogens with two attached hydrogens (primary N) is 1. The molecule has 2 N–H and O–H groups in total. The summed E-state index contributed by atoms with van der Waals surface area (Å²) in [7, 11) is 1.74. The van der Waals surface area contributed by atoms with Gasteiger partial charge >= 0.3 is 0 Å². The third kappa shape index (κ3) is 1.71. The third-order valence-electron chi connectivity index (χ3n) is 3.91. The Morgan fingerprint density at radius 3 is 2.38 bits per heavy atom. The highest BCUT2D eigenvalue weighted by Gasteiger charge is 2.34. The van der Waals surface area contributed by atoms with Crippen LogP contribution in [0.1, 0.15) is 42.4 Å². The molecule has 1 aliphatic carbocycles. The lowest BCUT2D eigenvalue weighted by molar-refractivity contribution is 0.376. The quantitative estimate of drug-likeness (QED) is 0.829. The molecule has 2 rings (SSSR count). The van der Waals surface area contributed by atoms with E-state index in [0.717, 1.165) is 18.6 Å². The molecule has 16 heavy (non-hydrogen) atoms. The molecule has 2 heteroatoms. The summed E-state index contributed by atoms with van der Waals surface area (Å²) in [4.78, 5) is 0. The SMILES string of the molecule is COc1c(C2(N)CCCC2)ccc(C)c1C. The Hall–Kier alpha value is -1.02. The molecule has 0 unspecified atom stereocenters. The molecule has 88 valence electrons. The van der Waals surface area contributed by atoms with Gasteiger partial charge in [0, 0.05) is 11.1 Å². The first-order valence-corrected chi connectivity index (χ1v) is 6.02. The van der Waals surface area contributed by atoms with Crippen LogP contribution in [0.4, 0.5) is 0 Å². The zero-order valence-corrected chi connectivity index (χ0v) is 10.5. The Morgan fingerprint density at radius 1 is 1.19 bits per heavy atom. The summed E-state index contributed by atoms with van der Waals surface area (Å²) in [6.45, 7) is 4.22. The molecule has 2 nitrogen and oxygen atoms in total. The van der Waals surface area contributed by atoms with Gasteiger partial charge in [-0.1, -0.05) is 25.0 Å². The summed E-state index contributed by atoms with van der Waals surface area (Å²) in [5, 5.41) is 0. The van der Waals surface area contributed by atoms with Crippen molar-refractivity contribution < 1.29 is 4.74 Å². The van der Waals surface area contributed by atoms with E-state index in [-0.39, 0.29) is 5.54 Å². The molecular formula is C14H21NO. The lowest BCUT2D eigenvalue weighted by Gasteiger charge is -2.27. The van der Waals surface area contributed by atoms with Crippen molar-refractivity contribution in [2.45, 2.75) is 45.1 Å². The third-order valence-corrected chi connectivity index (χ3v) is 3.91. The minimum atomic E-state index is -0.163. The van der Waals surface area contributed by atoms with E-state index in [0.29, 0.717) is 0 Å². The summed E-state index contributed by atoms with van der Waals surface area (Å²) >= 11 is 0. The molecule has 1 aromatic carbocycles. The lowest BCUT2D eigenvalue weighted by atomic mass is 9.86. The van der Waals surface area contributed by atoms with E-state index in [4.69, 9.17) is 10.5 Å². The Morgan fingerprint density at radius 2 is 1.81 bits per heavy atom. The van der Waals surface area contributed by atoms with Crippen molar-refractivity contribution >= 4 is 0 Å². The number of aryl methyl sites for hydroxylation is 1. The molecule has 0 atom stereocenters. The Bertz CT molecular complexity index is 392. The van der Waals surface area contributed by atoms with Crippen LogP contribution in [0.25, 0.3) is 0 Å². The molecule has 1 fully saturated rings. The predicted molar refractivity (Wildman–Crippen MR) is 66.8 cm³/mol. The summed E-state index contributed by atoms with van der Waals surface area (Å²) < 4.78 is 5.55. The minimum Gasteiger partial charge on any atom is -0.496 e. The van der Waals surface area contributed by atoms with Gasteiger partial charge in [-0.15, -0.1) is 0 Å². The van der Waals surface area contributed by atoms with Crippen LogP contribution in [0, 0.1) is 13.8 Å². The fraction of sp³-hybridized carbons (Fsp3) is 0.571. The Labute approximate surface area is 97.8 Å². The first-order valence-electron chi connectivity index (χ1n) is 6.02. The summed E-state index contributed by atoms with van der Waals surface area (Å²) in [6, 6.07) is 4.30. The van der Waals surface area contributed by atoms with Crippen LogP contribution >= 0.6 is 0 Å². The van der Waals surface area contributed by atoms with Crippen molar-refractivity contribution in [3.8, 4) is 5.75 Å². The van der Waals surface area contributed by atoms with Crippen LogP contribution in [-0.2, 0) is 5.54 Å². The maximum atomic E-state index is 6.50. The highest BCUT2D eigenvalue weighted by molar-refractivity contribution is 5.48. The predicted octanol–water partition coefficient (Wildman–Crippen LogP) is 3.04. The molecule has 0 spiro atoms. The van der Waals surface area contributed by atoms with Gasteiger partial charge in [0.25, 0.3) is 0 Å². The van der Waals surface area contributed by atoms with Gasteiger partial charge in [0.05, 0.1) is 7.11 Å². The number of hydrogen-bond acceptors (Lipinski definition) is 2. The minimum absolute atomic E-state index is 0.163. The molecule has 1 aromatic rings. The molecule has 0 aliphatic heterocycles. The van der Waals surface area contributed by atoms with E-state index in [1.54, 1.807) is 7.11 Å².